The largest absolute Gasteiger partial charge is 1.00 e. The first-order chi connectivity index (χ1) is 4.75. The molecule has 0 spiro atoms. The molecule has 0 aromatic carbocycles. The molecule has 1 aliphatic heterocycles. The van der Waals surface area contributed by atoms with Crippen LogP contribution in [0.5, 0.6) is 0 Å². The smallest absolute Gasteiger partial charge is 1.00 e. The van der Waals surface area contributed by atoms with Gasteiger partial charge in [-0.3, -0.25) is 0 Å². The molecule has 11 heavy (non-hydrogen) atoms. The van der Waals surface area contributed by atoms with Crippen molar-refractivity contribution in [2.75, 3.05) is 0 Å². The Balaban J connectivity index is 0.000001000. The van der Waals surface area contributed by atoms with Gasteiger partial charge in [0.2, 0.25) is 0 Å². The third-order valence-electron chi connectivity index (χ3n) is 3.50. The Morgan fingerprint density at radius 2 is 1.91 bits per heavy atom. The van der Waals surface area contributed by atoms with Crippen molar-refractivity contribution in [3.8, 4) is 0 Å². The average molecular weight is 334 g/mol. The van der Waals surface area contributed by atoms with E-state index < -0.39 is 8.07 Å². The number of hydrogen-bond acceptors (Lipinski definition) is 0. The molecule has 0 aliphatic carbocycles. The van der Waals surface area contributed by atoms with Crippen LogP contribution in [0.2, 0.25) is 22.3 Å². The maximum atomic E-state index is 2.43. The van der Waals surface area contributed by atoms with E-state index in [1.54, 1.807) is 49.3 Å². The fourth-order valence-corrected chi connectivity index (χ4v) is 12.4. The van der Waals surface area contributed by atoms with Crippen LogP contribution in [0.1, 0.15) is 26.7 Å². The second-order valence-corrected chi connectivity index (χ2v) is 12.9. The third-order valence-corrected chi connectivity index (χ3v) is 16.0. The summed E-state index contributed by atoms with van der Waals surface area (Å²) in [6, 6.07) is 4.78. The number of rotatable bonds is 2. The van der Waals surface area contributed by atoms with Gasteiger partial charge in [0.1, 0.15) is 0 Å². The van der Waals surface area contributed by atoms with Crippen LogP contribution in [0.25, 0.3) is 0 Å². The van der Waals surface area contributed by atoms with E-state index in [4.69, 9.17) is 0 Å². The topological polar surface area (TPSA) is 0 Å². The SMILES string of the molecule is CC[Si]1(CC)CCC[CH]1[Zn+].[I-]. The van der Waals surface area contributed by atoms with Crippen LogP contribution in [0, 0.1) is 0 Å². The van der Waals surface area contributed by atoms with Crippen LogP contribution < -0.4 is 24.0 Å². The van der Waals surface area contributed by atoms with Gasteiger partial charge in [0, 0.05) is 0 Å². The first-order valence-corrected chi connectivity index (χ1v) is 8.99. The number of halogens is 1. The quantitative estimate of drug-likeness (QED) is 0.498. The normalized spacial score (nSPS) is 28.2. The van der Waals surface area contributed by atoms with Crippen LogP contribution in [0.4, 0.5) is 0 Å². The maximum absolute atomic E-state index is 2.43. The molecule has 1 heterocycles. The third kappa shape index (κ3) is 2.50. The van der Waals surface area contributed by atoms with Crippen molar-refractivity contribution >= 4 is 8.07 Å². The fraction of sp³-hybridized carbons (Fsp3) is 1.00. The second-order valence-electron chi connectivity index (χ2n) is 3.66. The summed E-state index contributed by atoms with van der Waals surface area (Å²) in [5, 5.41) is 0. The summed E-state index contributed by atoms with van der Waals surface area (Å²) >= 11 is 1.59. The molecule has 0 aromatic rings. The molecule has 1 aliphatic rings. The molecule has 0 amide bonds. The summed E-state index contributed by atoms with van der Waals surface area (Å²) in [6.45, 7) is 4.87. The van der Waals surface area contributed by atoms with E-state index in [1.807, 2.05) is 0 Å². The molecule has 1 unspecified atom stereocenters. The molecule has 0 nitrogen and oxygen atoms in total. The summed E-state index contributed by atoms with van der Waals surface area (Å²) in [6.07, 6.45) is 3.16. The van der Waals surface area contributed by atoms with Crippen molar-refractivity contribution in [3.63, 3.8) is 0 Å². The van der Waals surface area contributed by atoms with Crippen molar-refractivity contribution in [2.45, 2.75) is 49.0 Å². The standard InChI is InChI=1S/C8H17Si.HI.Zn/c1-3-9(4-2)7-5-6-8-9;;/h7H,3-6,8H2,1-2H3;1H;/q;;+1/p-1. The Hall–Kier alpha value is 1.57. The summed E-state index contributed by atoms with van der Waals surface area (Å²) in [5.41, 5.74) is 0. The first-order valence-electron chi connectivity index (χ1n) is 4.58. The molecule has 1 atom stereocenters. The van der Waals surface area contributed by atoms with Crippen molar-refractivity contribution in [2.24, 2.45) is 0 Å². The van der Waals surface area contributed by atoms with Crippen molar-refractivity contribution in [3.05, 3.63) is 0 Å². The van der Waals surface area contributed by atoms with Gasteiger partial charge in [0.05, 0.1) is 0 Å². The Kier molecular flexibility index (Phi) is 6.09. The minimum absolute atomic E-state index is 0. The summed E-state index contributed by atoms with van der Waals surface area (Å²) in [5.74, 6) is 0. The molecule has 62 valence electrons. The fourth-order valence-electron chi connectivity index (χ4n) is 2.39. The molecule has 0 saturated carbocycles. The first kappa shape index (κ1) is 12.6. The second kappa shape index (κ2) is 5.33. The van der Waals surface area contributed by atoms with Crippen LogP contribution in [-0.2, 0) is 18.3 Å². The molecule has 0 N–H and O–H groups in total. The van der Waals surface area contributed by atoms with Gasteiger partial charge >= 0.3 is 75.3 Å². The van der Waals surface area contributed by atoms with E-state index in [-0.39, 0.29) is 24.0 Å². The van der Waals surface area contributed by atoms with Gasteiger partial charge in [-0.1, -0.05) is 0 Å². The zero-order valence-electron chi connectivity index (χ0n) is 7.70. The van der Waals surface area contributed by atoms with E-state index in [0.717, 1.165) is 0 Å². The number of hydrogen-bond donors (Lipinski definition) is 0. The molecule has 1 saturated heterocycles. The molecule has 0 aromatic heterocycles. The van der Waals surface area contributed by atoms with Gasteiger partial charge in [-0.25, -0.2) is 0 Å². The van der Waals surface area contributed by atoms with Crippen LogP contribution in [-0.4, -0.2) is 8.07 Å². The summed E-state index contributed by atoms with van der Waals surface area (Å²) < 4.78 is 1.25. The molecule has 1 rings (SSSR count). The molecular formula is C8H17ISiZn. The predicted molar refractivity (Wildman–Crippen MR) is 44.5 cm³/mol. The Bertz CT molecular complexity index is 115. The van der Waals surface area contributed by atoms with Gasteiger partial charge in [-0.15, -0.1) is 0 Å². The predicted octanol–water partition coefficient (Wildman–Crippen LogP) is 0.147. The Morgan fingerprint density at radius 1 is 1.36 bits per heavy atom. The minimum atomic E-state index is -0.628. The molecule has 0 radical (unpaired) electrons. The van der Waals surface area contributed by atoms with Crippen molar-refractivity contribution in [1.29, 1.82) is 0 Å². The Labute approximate surface area is 98.6 Å². The van der Waals surface area contributed by atoms with E-state index in [2.05, 4.69) is 13.8 Å². The zero-order valence-corrected chi connectivity index (χ0v) is 13.8. The summed E-state index contributed by atoms with van der Waals surface area (Å²) in [7, 11) is -0.628. The molecule has 0 bridgehead atoms. The maximum Gasteiger partial charge on any atom is -1.00 e. The van der Waals surface area contributed by atoms with Crippen molar-refractivity contribution in [1.82, 2.24) is 0 Å². The van der Waals surface area contributed by atoms with Gasteiger partial charge in [0.15, 0.2) is 0 Å². The average Bonchev–Trinajstić information content (AvgIpc) is 2.32. The van der Waals surface area contributed by atoms with E-state index in [0.29, 0.717) is 0 Å². The summed E-state index contributed by atoms with van der Waals surface area (Å²) in [4.78, 5) is 0. The van der Waals surface area contributed by atoms with E-state index in [9.17, 15) is 0 Å². The monoisotopic (exact) mass is 332 g/mol. The van der Waals surface area contributed by atoms with Crippen LogP contribution in [0.3, 0.4) is 0 Å². The Morgan fingerprint density at radius 3 is 2.09 bits per heavy atom. The van der Waals surface area contributed by atoms with E-state index in [1.165, 1.54) is 4.14 Å². The molecule has 3 heteroatoms. The van der Waals surface area contributed by atoms with Gasteiger partial charge in [-0.2, -0.15) is 0 Å². The van der Waals surface area contributed by atoms with Gasteiger partial charge < -0.3 is 24.0 Å². The molecular weight excluding hydrogens is 316 g/mol. The zero-order chi connectivity index (χ0) is 7.61. The minimum Gasteiger partial charge on any atom is -1.00 e. The van der Waals surface area contributed by atoms with Gasteiger partial charge in [-0.05, 0) is 0 Å². The van der Waals surface area contributed by atoms with E-state index >= 15 is 0 Å². The van der Waals surface area contributed by atoms with Crippen LogP contribution in [0.15, 0.2) is 0 Å². The van der Waals surface area contributed by atoms with Crippen molar-refractivity contribution < 1.29 is 42.3 Å². The van der Waals surface area contributed by atoms with Gasteiger partial charge in [0.25, 0.3) is 0 Å². The van der Waals surface area contributed by atoms with Crippen LogP contribution >= 0.6 is 0 Å². The molecule has 1 fully saturated rings.